The van der Waals surface area contributed by atoms with E-state index in [2.05, 4.69) is 6.58 Å². The lowest BCUT2D eigenvalue weighted by Gasteiger charge is -2.05. The Kier molecular flexibility index (Phi) is 3.66. The van der Waals surface area contributed by atoms with Gasteiger partial charge in [-0.1, -0.05) is 29.8 Å². The molecule has 0 amide bonds. The highest BCUT2D eigenvalue weighted by Gasteiger charge is 2.17. The lowest BCUT2D eigenvalue weighted by Crippen LogP contribution is -2.31. The molecule has 1 aromatic rings. The van der Waals surface area contributed by atoms with Crippen molar-refractivity contribution in [3.05, 3.63) is 41.1 Å². The minimum atomic E-state index is -1.08. The van der Waals surface area contributed by atoms with E-state index in [1.54, 1.807) is 18.2 Å². The van der Waals surface area contributed by atoms with Crippen molar-refractivity contribution in [2.75, 3.05) is 0 Å². The molecule has 0 heterocycles. The SMILES string of the molecule is C=COB(O)c1cc(Cl)cc(Cl)c1. The maximum atomic E-state index is 9.36. The molecule has 0 radical (unpaired) electrons. The fourth-order valence-corrected chi connectivity index (χ4v) is 1.43. The van der Waals surface area contributed by atoms with Crippen LogP contribution in [-0.4, -0.2) is 12.1 Å². The highest BCUT2D eigenvalue weighted by Crippen LogP contribution is 2.14. The van der Waals surface area contributed by atoms with Gasteiger partial charge in [-0.05, 0) is 23.7 Å². The summed E-state index contributed by atoms with van der Waals surface area (Å²) >= 11 is 11.4. The van der Waals surface area contributed by atoms with E-state index in [0.717, 1.165) is 6.26 Å². The monoisotopic (exact) mass is 216 g/mol. The summed E-state index contributed by atoms with van der Waals surface area (Å²) in [6.45, 7) is 3.32. The second kappa shape index (κ2) is 4.56. The molecule has 1 aromatic carbocycles. The molecule has 0 aromatic heterocycles. The Labute approximate surface area is 86.9 Å². The Morgan fingerprint density at radius 1 is 1.31 bits per heavy atom. The molecule has 0 spiro atoms. The molecular weight excluding hydrogens is 210 g/mol. The van der Waals surface area contributed by atoms with Gasteiger partial charge in [0.15, 0.2) is 0 Å². The average Bonchev–Trinajstić information content (AvgIpc) is 2.03. The summed E-state index contributed by atoms with van der Waals surface area (Å²) in [5, 5.41) is 10.3. The summed E-state index contributed by atoms with van der Waals surface area (Å²) in [4.78, 5) is 0. The van der Waals surface area contributed by atoms with Gasteiger partial charge in [0.25, 0.3) is 0 Å². The van der Waals surface area contributed by atoms with Crippen molar-refractivity contribution in [2.45, 2.75) is 0 Å². The Morgan fingerprint density at radius 2 is 1.85 bits per heavy atom. The first kappa shape index (κ1) is 10.4. The fraction of sp³-hybridized carbons (Fsp3) is 0. The maximum Gasteiger partial charge on any atom is 0.559 e. The summed E-state index contributed by atoms with van der Waals surface area (Å²) < 4.78 is 4.74. The van der Waals surface area contributed by atoms with Crippen LogP contribution in [0.15, 0.2) is 31.0 Å². The summed E-state index contributed by atoms with van der Waals surface area (Å²) in [5.41, 5.74) is 0.498. The molecule has 0 bridgehead atoms. The largest absolute Gasteiger partial charge is 0.559 e. The molecule has 13 heavy (non-hydrogen) atoms. The quantitative estimate of drug-likeness (QED) is 0.618. The molecule has 68 valence electrons. The zero-order chi connectivity index (χ0) is 9.84. The van der Waals surface area contributed by atoms with Crippen LogP contribution in [0.4, 0.5) is 0 Å². The van der Waals surface area contributed by atoms with Gasteiger partial charge in [0, 0.05) is 10.0 Å². The third-order valence-corrected chi connectivity index (χ3v) is 1.83. The normalized spacial score (nSPS) is 9.46. The van der Waals surface area contributed by atoms with Crippen LogP contribution in [0.25, 0.3) is 0 Å². The van der Waals surface area contributed by atoms with Gasteiger partial charge in [-0.3, -0.25) is 0 Å². The molecule has 2 nitrogen and oxygen atoms in total. The van der Waals surface area contributed by atoms with E-state index in [-0.39, 0.29) is 0 Å². The van der Waals surface area contributed by atoms with Crippen molar-refractivity contribution in [3.63, 3.8) is 0 Å². The number of benzene rings is 1. The van der Waals surface area contributed by atoms with E-state index in [9.17, 15) is 5.02 Å². The Bertz CT molecular complexity index is 297. The minimum absolute atomic E-state index is 0.453. The van der Waals surface area contributed by atoms with Crippen LogP contribution in [0.5, 0.6) is 0 Å². The minimum Gasteiger partial charge on any atom is -0.539 e. The molecule has 0 aliphatic carbocycles. The van der Waals surface area contributed by atoms with Crippen LogP contribution >= 0.6 is 23.2 Å². The van der Waals surface area contributed by atoms with Crippen LogP contribution < -0.4 is 5.46 Å². The van der Waals surface area contributed by atoms with Gasteiger partial charge in [-0.2, -0.15) is 0 Å². The predicted molar refractivity (Wildman–Crippen MR) is 55.4 cm³/mol. The van der Waals surface area contributed by atoms with Gasteiger partial charge < -0.3 is 9.68 Å². The molecule has 0 unspecified atom stereocenters. The standard InChI is InChI=1S/C8H7BCl2O2/c1-2-13-9(12)6-3-7(10)5-8(11)4-6/h2-5,12H,1H2. The van der Waals surface area contributed by atoms with E-state index in [1.165, 1.54) is 0 Å². The molecule has 1 N–H and O–H groups in total. The van der Waals surface area contributed by atoms with Gasteiger partial charge in [-0.25, -0.2) is 0 Å². The number of hydrogen-bond donors (Lipinski definition) is 1. The second-order valence-corrected chi connectivity index (χ2v) is 3.23. The number of hydrogen-bond acceptors (Lipinski definition) is 2. The Balaban J connectivity index is 2.93. The first-order chi connectivity index (χ1) is 6.13. The van der Waals surface area contributed by atoms with Crippen molar-refractivity contribution in [2.24, 2.45) is 0 Å². The first-order valence-corrected chi connectivity index (χ1v) is 4.29. The third kappa shape index (κ3) is 2.96. The van der Waals surface area contributed by atoms with E-state index in [1.807, 2.05) is 0 Å². The van der Waals surface area contributed by atoms with Crippen molar-refractivity contribution in [3.8, 4) is 0 Å². The molecule has 0 fully saturated rings. The van der Waals surface area contributed by atoms with Crippen LogP contribution in [0.3, 0.4) is 0 Å². The molecule has 1 rings (SSSR count). The number of rotatable bonds is 3. The zero-order valence-corrected chi connectivity index (χ0v) is 8.22. The van der Waals surface area contributed by atoms with E-state index >= 15 is 0 Å². The van der Waals surface area contributed by atoms with E-state index < -0.39 is 7.12 Å². The van der Waals surface area contributed by atoms with Gasteiger partial charge >= 0.3 is 7.12 Å². The van der Waals surface area contributed by atoms with Crippen LogP contribution in [0.2, 0.25) is 10.0 Å². The topological polar surface area (TPSA) is 29.5 Å². The predicted octanol–water partition coefficient (Wildman–Crippen LogP) is 1.84. The van der Waals surface area contributed by atoms with Crippen molar-refractivity contribution in [1.82, 2.24) is 0 Å². The third-order valence-electron chi connectivity index (χ3n) is 1.40. The second-order valence-electron chi connectivity index (χ2n) is 2.36. The van der Waals surface area contributed by atoms with E-state index in [0.29, 0.717) is 15.5 Å². The highest BCUT2D eigenvalue weighted by atomic mass is 35.5. The van der Waals surface area contributed by atoms with Crippen LogP contribution in [0.1, 0.15) is 0 Å². The summed E-state index contributed by atoms with van der Waals surface area (Å²) in [5.74, 6) is 0. The zero-order valence-electron chi connectivity index (χ0n) is 6.71. The smallest absolute Gasteiger partial charge is 0.539 e. The molecule has 5 heteroatoms. The van der Waals surface area contributed by atoms with Crippen LogP contribution in [-0.2, 0) is 4.65 Å². The number of halogens is 2. The molecule has 0 aliphatic heterocycles. The van der Waals surface area contributed by atoms with E-state index in [4.69, 9.17) is 27.9 Å². The lowest BCUT2D eigenvalue weighted by atomic mass is 9.80. The van der Waals surface area contributed by atoms with Crippen molar-refractivity contribution < 1.29 is 9.68 Å². The average molecular weight is 217 g/mol. The molecular formula is C8H7BCl2O2. The summed E-state index contributed by atoms with van der Waals surface area (Å²) in [6.07, 6.45) is 1.15. The maximum absolute atomic E-state index is 9.36. The van der Waals surface area contributed by atoms with Crippen molar-refractivity contribution >= 4 is 35.8 Å². The van der Waals surface area contributed by atoms with Crippen LogP contribution in [0, 0.1) is 0 Å². The van der Waals surface area contributed by atoms with Gasteiger partial charge in [-0.15, -0.1) is 0 Å². The Hall–Kier alpha value is -0.635. The van der Waals surface area contributed by atoms with Gasteiger partial charge in [0.2, 0.25) is 0 Å². The molecule has 0 atom stereocenters. The fourth-order valence-electron chi connectivity index (χ4n) is 0.887. The lowest BCUT2D eigenvalue weighted by molar-refractivity contribution is 0.387. The van der Waals surface area contributed by atoms with Gasteiger partial charge in [0.1, 0.15) is 0 Å². The summed E-state index contributed by atoms with van der Waals surface area (Å²) in [7, 11) is -1.08. The highest BCUT2D eigenvalue weighted by molar-refractivity contribution is 6.61. The first-order valence-electron chi connectivity index (χ1n) is 3.54. The van der Waals surface area contributed by atoms with Gasteiger partial charge in [0.05, 0.1) is 6.26 Å². The Morgan fingerprint density at radius 3 is 2.31 bits per heavy atom. The van der Waals surface area contributed by atoms with Crippen molar-refractivity contribution in [1.29, 1.82) is 0 Å². The molecule has 0 aliphatic rings. The molecule has 0 saturated heterocycles. The molecule has 0 saturated carbocycles. The summed E-state index contributed by atoms with van der Waals surface area (Å²) in [6, 6.07) is 4.72.